The van der Waals surface area contributed by atoms with Gasteiger partial charge in [0.2, 0.25) is 0 Å². The fourth-order valence-electron chi connectivity index (χ4n) is 2.62. The van der Waals surface area contributed by atoms with Crippen molar-refractivity contribution < 1.29 is 38.1 Å². The zero-order chi connectivity index (χ0) is 24.3. The van der Waals surface area contributed by atoms with Crippen LogP contribution in [0.3, 0.4) is 0 Å². The molecule has 26 heavy (non-hydrogen) atoms. The SMILES string of the molecule is [2H]c1c([2H])c(C[C@H](CO)[C@@H](CO)Cc2c([2H])c([2H])c(O)c(OC)c2[2H])c([2H])c(OC)c1O. The average molecular weight is 368 g/mol. The van der Waals surface area contributed by atoms with E-state index in [0.29, 0.717) is 0 Å². The van der Waals surface area contributed by atoms with Crippen LogP contribution in [0.5, 0.6) is 23.0 Å². The van der Waals surface area contributed by atoms with Gasteiger partial charge < -0.3 is 29.9 Å². The van der Waals surface area contributed by atoms with Crippen molar-refractivity contribution in [3.63, 3.8) is 0 Å². The topological polar surface area (TPSA) is 99.4 Å². The lowest BCUT2D eigenvalue weighted by atomic mass is 9.83. The van der Waals surface area contributed by atoms with Crippen molar-refractivity contribution in [2.45, 2.75) is 12.8 Å². The number of phenolic OH excluding ortho intramolecular Hbond substituents is 2. The Labute approximate surface area is 161 Å². The lowest BCUT2D eigenvalue weighted by Gasteiger charge is -2.24. The molecule has 2 aromatic carbocycles. The smallest absolute Gasteiger partial charge is 0.160 e. The fourth-order valence-corrected chi connectivity index (χ4v) is 2.62. The number of hydrogen-bond acceptors (Lipinski definition) is 6. The minimum absolute atomic E-state index is 0.0313. The van der Waals surface area contributed by atoms with Crippen molar-refractivity contribution >= 4 is 0 Å². The fraction of sp³-hybridized carbons (Fsp3) is 0.400. The van der Waals surface area contributed by atoms with Crippen LogP contribution in [-0.2, 0) is 12.8 Å². The number of methoxy groups -OCH3 is 2. The van der Waals surface area contributed by atoms with Crippen molar-refractivity contribution in [2.24, 2.45) is 11.8 Å². The Bertz CT molecular complexity index is 921. The van der Waals surface area contributed by atoms with Crippen LogP contribution in [0, 0.1) is 11.8 Å². The molecule has 0 aromatic heterocycles. The number of aliphatic hydroxyl groups is 2. The van der Waals surface area contributed by atoms with Crippen molar-refractivity contribution in [1.29, 1.82) is 0 Å². The molecule has 0 unspecified atom stereocenters. The predicted octanol–water partition coefficient (Wildman–Crippen LogP) is 2.12. The molecule has 2 aromatic rings. The van der Waals surface area contributed by atoms with E-state index in [4.69, 9.17) is 17.7 Å². The molecule has 0 aliphatic heterocycles. The van der Waals surface area contributed by atoms with Crippen LogP contribution in [0.15, 0.2) is 36.3 Å². The first-order valence-electron chi connectivity index (χ1n) is 11.0. The van der Waals surface area contributed by atoms with E-state index in [-0.39, 0.29) is 47.6 Å². The molecule has 142 valence electrons. The van der Waals surface area contributed by atoms with E-state index in [0.717, 1.165) is 0 Å². The van der Waals surface area contributed by atoms with Crippen molar-refractivity contribution in [1.82, 2.24) is 0 Å². The number of rotatable bonds is 9. The number of aromatic hydroxyl groups is 2. The van der Waals surface area contributed by atoms with Gasteiger partial charge in [0, 0.05) is 13.2 Å². The average Bonchev–Trinajstić information content (AvgIpc) is 2.78. The lowest BCUT2D eigenvalue weighted by Crippen LogP contribution is -2.26. The molecule has 6 heteroatoms. The second-order valence-corrected chi connectivity index (χ2v) is 5.76. The molecular weight excluding hydrogens is 336 g/mol. The summed E-state index contributed by atoms with van der Waals surface area (Å²) in [5.74, 6) is -3.33. The van der Waals surface area contributed by atoms with E-state index >= 15 is 0 Å². The Balaban J connectivity index is 2.49. The van der Waals surface area contributed by atoms with Gasteiger partial charge in [-0.3, -0.25) is 0 Å². The van der Waals surface area contributed by atoms with E-state index < -0.39 is 60.7 Å². The zero-order valence-electron chi connectivity index (χ0n) is 20.6. The quantitative estimate of drug-likeness (QED) is 0.541. The van der Waals surface area contributed by atoms with Crippen LogP contribution in [0.2, 0.25) is 0 Å². The van der Waals surface area contributed by atoms with Crippen LogP contribution < -0.4 is 9.47 Å². The second-order valence-electron chi connectivity index (χ2n) is 5.76. The highest BCUT2D eigenvalue weighted by atomic mass is 16.5. The highest BCUT2D eigenvalue weighted by molar-refractivity contribution is 5.43. The van der Waals surface area contributed by atoms with Gasteiger partial charge in [-0.15, -0.1) is 0 Å². The molecule has 0 amide bonds. The molecule has 0 saturated carbocycles. The highest BCUT2D eigenvalue weighted by Gasteiger charge is 2.22. The van der Waals surface area contributed by atoms with Gasteiger partial charge in [-0.1, -0.05) is 12.1 Å². The molecule has 0 saturated heterocycles. The summed E-state index contributed by atoms with van der Waals surface area (Å²) >= 11 is 0. The van der Waals surface area contributed by atoms with Crippen LogP contribution in [0.4, 0.5) is 0 Å². The van der Waals surface area contributed by atoms with Crippen LogP contribution in [-0.4, -0.2) is 47.9 Å². The monoisotopic (exact) mass is 368 g/mol. The van der Waals surface area contributed by atoms with Gasteiger partial charge in [-0.05, 0) is 60.0 Å². The van der Waals surface area contributed by atoms with Gasteiger partial charge in [-0.25, -0.2) is 0 Å². The van der Waals surface area contributed by atoms with E-state index in [1.807, 2.05) is 0 Å². The Hall–Kier alpha value is -2.44. The molecule has 0 aliphatic rings. The largest absolute Gasteiger partial charge is 0.504 e. The van der Waals surface area contributed by atoms with E-state index in [9.17, 15) is 20.4 Å². The van der Waals surface area contributed by atoms with Crippen LogP contribution in [0.25, 0.3) is 0 Å². The number of hydrogen-bond donors (Lipinski definition) is 4. The Morgan fingerprint density at radius 2 is 1.19 bits per heavy atom. The maximum absolute atomic E-state index is 9.98. The molecule has 0 fully saturated rings. The molecular formula is C20H26O6. The summed E-state index contributed by atoms with van der Waals surface area (Å²) in [6, 6.07) is -2.52. The third-order valence-corrected chi connectivity index (χ3v) is 4.10. The first-order chi connectivity index (χ1) is 15.0. The van der Waals surface area contributed by atoms with Gasteiger partial charge in [0.15, 0.2) is 23.0 Å². The summed E-state index contributed by atoms with van der Waals surface area (Å²) in [5.41, 5.74) is 0.0626. The van der Waals surface area contributed by atoms with Crippen LogP contribution >= 0.6 is 0 Å². The van der Waals surface area contributed by atoms with Crippen molar-refractivity contribution in [2.75, 3.05) is 27.4 Å². The Morgan fingerprint density at radius 1 is 0.808 bits per heavy atom. The molecule has 0 spiro atoms. The molecule has 6 nitrogen and oxygen atoms in total. The number of benzene rings is 2. The van der Waals surface area contributed by atoms with E-state index in [2.05, 4.69) is 0 Å². The first kappa shape index (κ1) is 12.8. The van der Waals surface area contributed by atoms with Gasteiger partial charge in [0.1, 0.15) is 0 Å². The predicted molar refractivity (Wildman–Crippen MR) is 97.9 cm³/mol. The third-order valence-electron chi connectivity index (χ3n) is 4.10. The molecule has 0 bridgehead atoms. The maximum Gasteiger partial charge on any atom is 0.160 e. The highest BCUT2D eigenvalue weighted by Crippen LogP contribution is 2.31. The summed E-state index contributed by atoms with van der Waals surface area (Å²) in [7, 11) is 2.42. The molecule has 0 heterocycles. The standard InChI is InChI=1S/C20H26O6/c1-25-19-9-13(3-5-17(19)23)7-15(11-21)16(12-22)8-14-4-6-18(24)20(10-14)26-2/h3-6,9-10,15-16,21-24H,7-8,11-12H2,1-2H3/t15-,16-/m1/s1/i3D,4D,5D,6D,9D,10D. The number of aliphatic hydroxyl groups excluding tert-OH is 2. The zero-order valence-corrected chi connectivity index (χ0v) is 14.6. The van der Waals surface area contributed by atoms with Gasteiger partial charge in [0.05, 0.1) is 22.4 Å². The normalized spacial score (nSPS) is 16.5. The maximum atomic E-state index is 9.98. The Kier molecular flexibility index (Phi) is 4.60. The molecule has 2 atom stereocenters. The summed E-state index contributed by atoms with van der Waals surface area (Å²) in [6.45, 7) is -0.964. The lowest BCUT2D eigenvalue weighted by molar-refractivity contribution is 0.119. The van der Waals surface area contributed by atoms with Crippen molar-refractivity contribution in [3.8, 4) is 23.0 Å². The van der Waals surface area contributed by atoms with Gasteiger partial charge >= 0.3 is 0 Å². The number of phenols is 2. The number of ether oxygens (including phenoxy) is 2. The van der Waals surface area contributed by atoms with Gasteiger partial charge in [-0.2, -0.15) is 0 Å². The molecule has 2 rings (SSSR count). The van der Waals surface area contributed by atoms with E-state index in [1.165, 1.54) is 14.2 Å². The first-order valence-corrected chi connectivity index (χ1v) is 7.98. The Morgan fingerprint density at radius 3 is 1.50 bits per heavy atom. The van der Waals surface area contributed by atoms with Gasteiger partial charge in [0.25, 0.3) is 0 Å². The van der Waals surface area contributed by atoms with E-state index in [1.54, 1.807) is 0 Å². The summed E-state index contributed by atoms with van der Waals surface area (Å²) < 4.78 is 58.4. The molecule has 4 N–H and O–H groups in total. The summed E-state index contributed by atoms with van der Waals surface area (Å²) in [5, 5.41) is 39.9. The minimum atomic E-state index is -0.755. The third kappa shape index (κ3) is 4.80. The molecule has 0 aliphatic carbocycles. The van der Waals surface area contributed by atoms with Crippen molar-refractivity contribution in [3.05, 3.63) is 47.4 Å². The minimum Gasteiger partial charge on any atom is -0.504 e. The second kappa shape index (κ2) is 9.31. The molecule has 0 radical (unpaired) electrons. The summed E-state index contributed by atoms with van der Waals surface area (Å²) in [6.07, 6.45) is -0.239. The van der Waals surface area contributed by atoms with Crippen LogP contribution in [0.1, 0.15) is 19.4 Å². The summed E-state index contributed by atoms with van der Waals surface area (Å²) in [4.78, 5) is 0.